The minimum absolute atomic E-state index is 0.0296. The van der Waals surface area contributed by atoms with Crippen LogP contribution in [0.15, 0.2) is 42.5 Å². The Labute approximate surface area is 150 Å². The maximum atomic E-state index is 14.3. The number of ether oxygens (including phenoxy) is 1. The standard InChI is InChI=1S/C18H19F2N3OS/c19-14-4-3-5-15(20)18(14)23-17-7-2-1-6-16(17)22(25-23)10-8-13-12-21-9-11-24-13/h1-7,13,21H,8-12H2/t13-/m0/s1. The van der Waals surface area contributed by atoms with Gasteiger partial charge in [-0.15, -0.1) is 0 Å². The number of hydrogen-bond acceptors (Lipinski definition) is 5. The summed E-state index contributed by atoms with van der Waals surface area (Å²) in [4.78, 5) is 0. The highest BCUT2D eigenvalue weighted by Gasteiger charge is 2.32. The average Bonchev–Trinajstić information content (AvgIpc) is 3.00. The van der Waals surface area contributed by atoms with Crippen LogP contribution in [0.1, 0.15) is 6.42 Å². The summed E-state index contributed by atoms with van der Waals surface area (Å²) < 4.78 is 38.0. The van der Waals surface area contributed by atoms with Crippen molar-refractivity contribution in [1.29, 1.82) is 0 Å². The minimum atomic E-state index is -0.566. The van der Waals surface area contributed by atoms with E-state index in [1.54, 1.807) is 4.31 Å². The van der Waals surface area contributed by atoms with Gasteiger partial charge in [0, 0.05) is 19.6 Å². The van der Waals surface area contributed by atoms with Crippen LogP contribution in [0.4, 0.5) is 25.8 Å². The molecule has 0 amide bonds. The lowest BCUT2D eigenvalue weighted by Crippen LogP contribution is -2.39. The van der Waals surface area contributed by atoms with Gasteiger partial charge in [0.05, 0.1) is 36.2 Å². The summed E-state index contributed by atoms with van der Waals surface area (Å²) in [5.74, 6) is -1.13. The smallest absolute Gasteiger partial charge is 0.150 e. The molecule has 2 aromatic carbocycles. The monoisotopic (exact) mass is 363 g/mol. The zero-order valence-corrected chi connectivity index (χ0v) is 14.4. The topological polar surface area (TPSA) is 27.7 Å². The Morgan fingerprint density at radius 3 is 2.56 bits per heavy atom. The number of nitrogens with one attached hydrogen (secondary N) is 1. The SMILES string of the molecule is Fc1cccc(F)c1N1SN(CC[C@H]2CNCCO2)c2ccccc21. The lowest BCUT2D eigenvalue weighted by molar-refractivity contribution is 0.0254. The van der Waals surface area contributed by atoms with Crippen LogP contribution < -0.4 is 13.9 Å². The first-order valence-electron chi connectivity index (χ1n) is 8.35. The van der Waals surface area contributed by atoms with Gasteiger partial charge < -0.3 is 10.1 Å². The first-order chi connectivity index (χ1) is 12.2. The third-order valence-corrected chi connectivity index (χ3v) is 5.47. The molecule has 4 nitrogen and oxygen atoms in total. The summed E-state index contributed by atoms with van der Waals surface area (Å²) in [5, 5.41) is 3.32. The van der Waals surface area contributed by atoms with Crippen LogP contribution in [0.5, 0.6) is 0 Å². The van der Waals surface area contributed by atoms with Crippen LogP contribution in [0.2, 0.25) is 0 Å². The zero-order valence-electron chi connectivity index (χ0n) is 13.6. The van der Waals surface area contributed by atoms with Crippen molar-refractivity contribution >= 4 is 29.2 Å². The number of rotatable bonds is 4. The molecule has 2 heterocycles. The van der Waals surface area contributed by atoms with E-state index in [9.17, 15) is 8.78 Å². The molecule has 2 aliphatic rings. The number of halogens is 2. The van der Waals surface area contributed by atoms with Gasteiger partial charge in [-0.05, 0) is 30.7 Å². The predicted molar refractivity (Wildman–Crippen MR) is 97.1 cm³/mol. The molecule has 2 aliphatic heterocycles. The van der Waals surface area contributed by atoms with Crippen molar-refractivity contribution in [3.8, 4) is 0 Å². The van der Waals surface area contributed by atoms with Gasteiger partial charge in [0.2, 0.25) is 0 Å². The molecule has 0 bridgehead atoms. The van der Waals surface area contributed by atoms with E-state index in [0.29, 0.717) is 0 Å². The molecule has 0 spiro atoms. The van der Waals surface area contributed by atoms with Crippen molar-refractivity contribution < 1.29 is 13.5 Å². The molecule has 1 N–H and O–H groups in total. The van der Waals surface area contributed by atoms with Gasteiger partial charge in [-0.25, -0.2) is 8.78 Å². The highest BCUT2D eigenvalue weighted by atomic mass is 32.2. The predicted octanol–water partition coefficient (Wildman–Crippen LogP) is 3.86. The Hall–Kier alpha value is -1.83. The second-order valence-corrected chi connectivity index (χ2v) is 6.99. The molecule has 25 heavy (non-hydrogen) atoms. The van der Waals surface area contributed by atoms with Gasteiger partial charge in [-0.2, -0.15) is 0 Å². The van der Waals surface area contributed by atoms with Gasteiger partial charge in [0.25, 0.3) is 0 Å². The summed E-state index contributed by atoms with van der Waals surface area (Å²) in [5.41, 5.74) is 1.72. The van der Waals surface area contributed by atoms with Gasteiger partial charge in [0.1, 0.15) is 5.69 Å². The molecule has 0 saturated carbocycles. The molecule has 4 rings (SSSR count). The summed E-state index contributed by atoms with van der Waals surface area (Å²) >= 11 is 1.32. The molecule has 0 aromatic heterocycles. The fraction of sp³-hybridized carbons (Fsp3) is 0.333. The Morgan fingerprint density at radius 1 is 1.08 bits per heavy atom. The van der Waals surface area contributed by atoms with E-state index < -0.39 is 11.6 Å². The lowest BCUT2D eigenvalue weighted by Gasteiger charge is -2.26. The van der Waals surface area contributed by atoms with Gasteiger partial charge in [0.15, 0.2) is 11.6 Å². The molecular formula is C18H19F2N3OS. The molecule has 7 heteroatoms. The maximum Gasteiger partial charge on any atom is 0.150 e. The second kappa shape index (κ2) is 7.19. The van der Waals surface area contributed by atoms with Crippen molar-refractivity contribution in [3.63, 3.8) is 0 Å². The summed E-state index contributed by atoms with van der Waals surface area (Å²) in [6.07, 6.45) is 1.02. The minimum Gasteiger partial charge on any atom is -0.376 e. The highest BCUT2D eigenvalue weighted by molar-refractivity contribution is 8.02. The third kappa shape index (κ3) is 3.31. The normalized spacial score (nSPS) is 20.0. The quantitative estimate of drug-likeness (QED) is 0.833. The third-order valence-electron chi connectivity index (χ3n) is 4.35. The number of anilines is 3. The van der Waals surface area contributed by atoms with Crippen molar-refractivity contribution in [3.05, 3.63) is 54.1 Å². The maximum absolute atomic E-state index is 14.3. The molecular weight excluding hydrogens is 344 g/mol. The number of fused-ring (bicyclic) bond motifs is 1. The number of benzene rings is 2. The van der Waals surface area contributed by atoms with Crippen LogP contribution in [0.25, 0.3) is 0 Å². The van der Waals surface area contributed by atoms with Crippen molar-refractivity contribution in [1.82, 2.24) is 5.32 Å². The fourth-order valence-electron chi connectivity index (χ4n) is 3.11. The fourth-order valence-corrected chi connectivity index (χ4v) is 4.23. The zero-order chi connectivity index (χ0) is 17.2. The summed E-state index contributed by atoms with van der Waals surface area (Å²) in [6.45, 7) is 3.19. The molecule has 1 atom stereocenters. The van der Waals surface area contributed by atoms with Crippen LogP contribution in [-0.4, -0.2) is 32.3 Å². The molecule has 0 radical (unpaired) electrons. The summed E-state index contributed by atoms with van der Waals surface area (Å²) in [6, 6.07) is 11.6. The first kappa shape index (κ1) is 16.6. The number of para-hydroxylation sites is 3. The summed E-state index contributed by atoms with van der Waals surface area (Å²) in [7, 11) is 0. The van der Waals surface area contributed by atoms with E-state index in [4.69, 9.17) is 4.74 Å². The number of morpholine rings is 1. The highest BCUT2D eigenvalue weighted by Crippen LogP contribution is 2.50. The van der Waals surface area contributed by atoms with Crippen LogP contribution in [0, 0.1) is 11.6 Å². The second-order valence-electron chi connectivity index (χ2n) is 6.02. The van der Waals surface area contributed by atoms with Crippen molar-refractivity contribution in [2.45, 2.75) is 12.5 Å². The lowest BCUT2D eigenvalue weighted by atomic mass is 10.2. The Kier molecular flexibility index (Phi) is 4.78. The van der Waals surface area contributed by atoms with E-state index in [1.165, 1.54) is 30.3 Å². The average molecular weight is 363 g/mol. The van der Waals surface area contributed by atoms with E-state index in [-0.39, 0.29) is 11.8 Å². The number of nitrogens with zero attached hydrogens (tertiary/aromatic N) is 2. The first-order valence-corrected chi connectivity index (χ1v) is 9.08. The van der Waals surface area contributed by atoms with Crippen LogP contribution in [0.3, 0.4) is 0 Å². The van der Waals surface area contributed by atoms with E-state index >= 15 is 0 Å². The van der Waals surface area contributed by atoms with Crippen LogP contribution in [-0.2, 0) is 4.74 Å². The van der Waals surface area contributed by atoms with Crippen molar-refractivity contribution in [2.75, 3.05) is 34.9 Å². The largest absolute Gasteiger partial charge is 0.376 e. The van der Waals surface area contributed by atoms with Gasteiger partial charge in [-0.1, -0.05) is 18.2 Å². The number of hydrogen-bond donors (Lipinski definition) is 1. The molecule has 132 valence electrons. The van der Waals surface area contributed by atoms with E-state index in [0.717, 1.165) is 44.0 Å². The van der Waals surface area contributed by atoms with Gasteiger partial charge >= 0.3 is 0 Å². The van der Waals surface area contributed by atoms with Crippen LogP contribution >= 0.6 is 12.1 Å². The van der Waals surface area contributed by atoms with Crippen molar-refractivity contribution in [2.24, 2.45) is 0 Å². The molecule has 2 aromatic rings. The Morgan fingerprint density at radius 2 is 1.84 bits per heavy atom. The Balaban J connectivity index is 1.57. The molecule has 1 fully saturated rings. The van der Waals surface area contributed by atoms with E-state index in [1.807, 2.05) is 24.3 Å². The van der Waals surface area contributed by atoms with E-state index in [2.05, 4.69) is 9.62 Å². The molecule has 0 aliphatic carbocycles. The van der Waals surface area contributed by atoms with Gasteiger partial charge in [-0.3, -0.25) is 8.61 Å². The molecule has 1 saturated heterocycles. The molecule has 0 unspecified atom stereocenters. The Bertz CT molecular complexity index is 735.